The van der Waals surface area contributed by atoms with Gasteiger partial charge in [0.2, 0.25) is 0 Å². The Morgan fingerprint density at radius 1 is 0.909 bits per heavy atom. The van der Waals surface area contributed by atoms with E-state index in [9.17, 15) is 8.78 Å². The highest BCUT2D eigenvalue weighted by Crippen LogP contribution is 2.34. The van der Waals surface area contributed by atoms with Crippen molar-refractivity contribution in [1.82, 2.24) is 30.1 Å². The van der Waals surface area contributed by atoms with Crippen molar-refractivity contribution < 1.29 is 8.78 Å². The lowest BCUT2D eigenvalue weighted by Gasteiger charge is -2.07. The lowest BCUT2D eigenvalue weighted by molar-refractivity contribution is 0.628. The lowest BCUT2D eigenvalue weighted by Crippen LogP contribution is -1.90. The van der Waals surface area contributed by atoms with Crippen LogP contribution in [-0.4, -0.2) is 30.1 Å². The largest absolute Gasteiger partial charge is 0.335 e. The number of nitrogens with zero attached hydrogens (tertiary/aromatic N) is 4. The number of rotatable bonds is 3. The van der Waals surface area contributed by atoms with Gasteiger partial charge in [0.1, 0.15) is 17.3 Å². The van der Waals surface area contributed by atoms with Crippen LogP contribution < -0.4 is 0 Å². The van der Waals surface area contributed by atoms with Gasteiger partial charge >= 0.3 is 0 Å². The molecule has 0 radical (unpaired) electrons. The number of hydrogen-bond acceptors (Lipinski definition) is 4. The van der Waals surface area contributed by atoms with Crippen LogP contribution in [-0.2, 0) is 0 Å². The van der Waals surface area contributed by atoms with E-state index in [0.717, 1.165) is 11.1 Å². The summed E-state index contributed by atoms with van der Waals surface area (Å²) in [4.78, 5) is 16.4. The number of benzene rings is 2. The van der Waals surface area contributed by atoms with Crippen LogP contribution >= 0.6 is 0 Å². The van der Waals surface area contributed by atoms with Crippen LogP contribution in [0.1, 0.15) is 5.56 Å². The SMILES string of the molecule is Cc1ccncc1-c1cc2c(-c3nc4nccc(-c5cccc(F)c5)c4[nH]3)n[nH]c2cc1F. The van der Waals surface area contributed by atoms with Gasteiger partial charge in [0.15, 0.2) is 11.5 Å². The van der Waals surface area contributed by atoms with Crippen molar-refractivity contribution in [2.45, 2.75) is 6.92 Å². The second-order valence-corrected chi connectivity index (χ2v) is 7.79. The Kier molecular flexibility index (Phi) is 4.26. The van der Waals surface area contributed by atoms with Crippen LogP contribution in [0.4, 0.5) is 8.78 Å². The molecule has 33 heavy (non-hydrogen) atoms. The summed E-state index contributed by atoms with van der Waals surface area (Å²) in [6, 6.07) is 13.2. The summed E-state index contributed by atoms with van der Waals surface area (Å²) in [6.07, 6.45) is 4.96. The maximum absolute atomic E-state index is 14.9. The zero-order valence-electron chi connectivity index (χ0n) is 17.4. The molecule has 6 nitrogen and oxygen atoms in total. The van der Waals surface area contributed by atoms with Crippen molar-refractivity contribution in [2.75, 3.05) is 0 Å². The van der Waals surface area contributed by atoms with Crippen LogP contribution in [0, 0.1) is 18.6 Å². The third-order valence-electron chi connectivity index (χ3n) is 5.73. The molecule has 4 aromatic heterocycles. The molecule has 0 aliphatic rings. The van der Waals surface area contributed by atoms with Crippen molar-refractivity contribution >= 4 is 22.1 Å². The van der Waals surface area contributed by atoms with Crippen molar-refractivity contribution in [3.05, 3.63) is 84.3 Å². The minimum Gasteiger partial charge on any atom is -0.335 e. The van der Waals surface area contributed by atoms with Gasteiger partial charge in [0.05, 0.1) is 11.0 Å². The molecule has 0 saturated carbocycles. The number of aromatic amines is 2. The van der Waals surface area contributed by atoms with Crippen LogP contribution in [0.3, 0.4) is 0 Å². The van der Waals surface area contributed by atoms with Gasteiger partial charge in [0, 0.05) is 46.7 Å². The van der Waals surface area contributed by atoms with E-state index >= 15 is 0 Å². The molecule has 8 heteroatoms. The van der Waals surface area contributed by atoms with E-state index in [1.165, 1.54) is 18.2 Å². The number of hydrogen-bond donors (Lipinski definition) is 2. The van der Waals surface area contributed by atoms with Gasteiger partial charge in [-0.3, -0.25) is 10.1 Å². The first-order valence-electron chi connectivity index (χ1n) is 10.3. The number of imidazole rings is 1. The minimum absolute atomic E-state index is 0.323. The molecule has 0 aliphatic heterocycles. The Labute approximate surface area is 186 Å². The Morgan fingerprint density at radius 2 is 1.82 bits per heavy atom. The summed E-state index contributed by atoms with van der Waals surface area (Å²) in [5.74, 6) is -0.211. The van der Waals surface area contributed by atoms with E-state index in [4.69, 9.17) is 0 Å². The molecule has 0 bridgehead atoms. The van der Waals surface area contributed by atoms with Crippen LogP contribution in [0.25, 0.3) is 55.8 Å². The fourth-order valence-electron chi connectivity index (χ4n) is 4.09. The zero-order chi connectivity index (χ0) is 22.5. The summed E-state index contributed by atoms with van der Waals surface area (Å²) in [6.45, 7) is 1.91. The van der Waals surface area contributed by atoms with Gasteiger partial charge in [-0.1, -0.05) is 12.1 Å². The summed E-state index contributed by atoms with van der Waals surface area (Å²) in [7, 11) is 0. The van der Waals surface area contributed by atoms with Gasteiger partial charge in [-0.2, -0.15) is 5.10 Å². The molecule has 0 spiro atoms. The maximum atomic E-state index is 14.9. The third-order valence-corrected chi connectivity index (χ3v) is 5.73. The second-order valence-electron chi connectivity index (χ2n) is 7.79. The molecule has 0 amide bonds. The molecule has 2 N–H and O–H groups in total. The first kappa shape index (κ1) is 19.2. The molecular formula is C25H16F2N6. The highest BCUT2D eigenvalue weighted by atomic mass is 19.1. The maximum Gasteiger partial charge on any atom is 0.178 e. The molecule has 0 aliphatic carbocycles. The second kappa shape index (κ2) is 7.30. The fourth-order valence-corrected chi connectivity index (χ4v) is 4.09. The molecular weight excluding hydrogens is 422 g/mol. The predicted molar refractivity (Wildman–Crippen MR) is 122 cm³/mol. The normalized spacial score (nSPS) is 11.5. The number of aryl methyl sites for hydroxylation is 1. The third kappa shape index (κ3) is 3.15. The number of pyridine rings is 2. The Balaban J connectivity index is 1.54. The fraction of sp³-hybridized carbons (Fsp3) is 0.0400. The van der Waals surface area contributed by atoms with E-state index in [1.807, 2.05) is 19.1 Å². The molecule has 0 fully saturated rings. The van der Waals surface area contributed by atoms with Crippen LogP contribution in [0.15, 0.2) is 67.1 Å². The Morgan fingerprint density at radius 3 is 2.67 bits per heavy atom. The first-order valence-corrected chi connectivity index (χ1v) is 10.3. The van der Waals surface area contributed by atoms with Crippen LogP contribution in [0.2, 0.25) is 0 Å². The molecule has 4 heterocycles. The highest BCUT2D eigenvalue weighted by Gasteiger charge is 2.18. The number of halogens is 2. The molecule has 0 unspecified atom stereocenters. The number of nitrogens with one attached hydrogen (secondary N) is 2. The van der Waals surface area contributed by atoms with E-state index < -0.39 is 0 Å². The average Bonchev–Trinajstić information content (AvgIpc) is 3.42. The summed E-state index contributed by atoms with van der Waals surface area (Å²) >= 11 is 0. The summed E-state index contributed by atoms with van der Waals surface area (Å²) in [5.41, 5.74) is 5.78. The highest BCUT2D eigenvalue weighted by molar-refractivity contribution is 5.97. The Bertz CT molecular complexity index is 1670. The van der Waals surface area contributed by atoms with Gasteiger partial charge in [-0.25, -0.2) is 18.7 Å². The van der Waals surface area contributed by atoms with Gasteiger partial charge in [0.25, 0.3) is 0 Å². The molecule has 6 rings (SSSR count). The molecule has 2 aromatic carbocycles. The number of fused-ring (bicyclic) bond motifs is 2. The van der Waals surface area contributed by atoms with E-state index in [1.54, 1.807) is 36.8 Å². The number of aromatic nitrogens is 6. The predicted octanol–water partition coefficient (Wildman–Crippen LogP) is 5.82. The molecule has 0 saturated heterocycles. The first-order chi connectivity index (χ1) is 16.1. The molecule has 6 aromatic rings. The smallest absolute Gasteiger partial charge is 0.178 e. The van der Waals surface area contributed by atoms with Gasteiger partial charge < -0.3 is 4.98 Å². The van der Waals surface area contributed by atoms with Gasteiger partial charge in [-0.15, -0.1) is 0 Å². The topological polar surface area (TPSA) is 83.1 Å². The van der Waals surface area contributed by atoms with Crippen molar-refractivity contribution in [3.63, 3.8) is 0 Å². The Hall–Kier alpha value is -4.46. The lowest BCUT2D eigenvalue weighted by atomic mass is 10.00. The monoisotopic (exact) mass is 438 g/mol. The molecule has 0 atom stereocenters. The summed E-state index contributed by atoms with van der Waals surface area (Å²) < 4.78 is 28.7. The minimum atomic E-state index is -0.367. The number of H-pyrrole nitrogens is 2. The summed E-state index contributed by atoms with van der Waals surface area (Å²) in [5, 5.41) is 7.98. The average molecular weight is 438 g/mol. The van der Waals surface area contributed by atoms with E-state index in [-0.39, 0.29) is 11.6 Å². The van der Waals surface area contributed by atoms with Crippen molar-refractivity contribution in [1.29, 1.82) is 0 Å². The quantitative estimate of drug-likeness (QED) is 0.365. The zero-order valence-corrected chi connectivity index (χ0v) is 17.4. The van der Waals surface area contributed by atoms with Crippen LogP contribution in [0.5, 0.6) is 0 Å². The standard InChI is InChI=1S/C25H16F2N6/c1-13-5-7-28-12-19(13)17-10-18-21(11-20(17)27)32-33-23(18)25-30-22-16(6-8-29-24(22)31-25)14-3-2-4-15(26)9-14/h2-12H,1H3,(H,32,33)(H,29,30,31). The van der Waals surface area contributed by atoms with Crippen molar-refractivity contribution in [3.8, 4) is 33.8 Å². The van der Waals surface area contributed by atoms with Gasteiger partial charge in [-0.05, 0) is 48.4 Å². The molecule has 160 valence electrons. The van der Waals surface area contributed by atoms with E-state index in [2.05, 4.69) is 30.1 Å². The van der Waals surface area contributed by atoms with E-state index in [0.29, 0.717) is 50.3 Å². The van der Waals surface area contributed by atoms with Crippen molar-refractivity contribution in [2.24, 2.45) is 0 Å².